The van der Waals surface area contributed by atoms with Gasteiger partial charge in [0.15, 0.2) is 0 Å². The molecular weight excluding hydrogens is 194 g/mol. The highest BCUT2D eigenvalue weighted by Gasteiger charge is 2.08. The largest absolute Gasteiger partial charge is 0.481 e. The van der Waals surface area contributed by atoms with E-state index in [1.165, 1.54) is 0 Å². The van der Waals surface area contributed by atoms with Crippen molar-refractivity contribution in [2.24, 2.45) is 5.73 Å². The second-order valence-electron chi connectivity index (χ2n) is 2.25. The second kappa shape index (κ2) is 9.34. The summed E-state index contributed by atoms with van der Waals surface area (Å²) in [6, 6.07) is -0.683. The molecule has 0 aliphatic heterocycles. The van der Waals surface area contributed by atoms with Gasteiger partial charge in [0.2, 0.25) is 0 Å². The lowest BCUT2D eigenvalue weighted by Gasteiger charge is -2.02. The summed E-state index contributed by atoms with van der Waals surface area (Å²) in [6.45, 7) is 1.08. The van der Waals surface area contributed by atoms with Crippen LogP contribution in [0, 0.1) is 0 Å². The Morgan fingerprint density at radius 3 is 2.08 bits per heavy atom. The Kier molecular flexibility index (Phi) is 10.6. The van der Waals surface area contributed by atoms with Crippen LogP contribution in [0.5, 0.6) is 0 Å². The van der Waals surface area contributed by atoms with E-state index < -0.39 is 18.0 Å². The molecule has 0 unspecified atom stereocenters. The smallest absolute Gasteiger partial charge is 0.320 e. The summed E-state index contributed by atoms with van der Waals surface area (Å²) in [5.41, 5.74) is 5.19. The van der Waals surface area contributed by atoms with Gasteiger partial charge in [0, 0.05) is 6.92 Å². The van der Waals surface area contributed by atoms with Crippen molar-refractivity contribution in [1.82, 2.24) is 0 Å². The molecule has 0 spiro atoms. The second-order valence-corrected chi connectivity index (χ2v) is 3.23. The first-order chi connectivity index (χ1) is 5.91. The molecule has 4 N–H and O–H groups in total. The summed E-state index contributed by atoms with van der Waals surface area (Å²) in [7, 11) is 0. The van der Waals surface area contributed by atoms with Crippen LogP contribution >= 0.6 is 11.8 Å². The monoisotopic (exact) mass is 209 g/mol. The average molecular weight is 209 g/mol. The summed E-state index contributed by atoms with van der Waals surface area (Å²) >= 11 is 1.60. The number of rotatable bonds is 4. The minimum atomic E-state index is -0.913. The lowest BCUT2D eigenvalue weighted by molar-refractivity contribution is -0.138. The maximum absolute atomic E-state index is 10.1. The molecule has 0 amide bonds. The SMILES string of the molecule is CC(=O)O.CSCC[C@H](N)C(=O)O. The lowest BCUT2D eigenvalue weighted by atomic mass is 10.2. The van der Waals surface area contributed by atoms with Gasteiger partial charge in [-0.15, -0.1) is 0 Å². The maximum Gasteiger partial charge on any atom is 0.320 e. The molecule has 0 saturated carbocycles. The number of carboxylic acid groups (broad SMARTS) is 2. The summed E-state index contributed by atoms with van der Waals surface area (Å²) in [6.07, 6.45) is 2.48. The van der Waals surface area contributed by atoms with Crippen molar-refractivity contribution >= 4 is 23.7 Å². The van der Waals surface area contributed by atoms with Gasteiger partial charge in [-0.1, -0.05) is 0 Å². The van der Waals surface area contributed by atoms with Crippen LogP contribution in [0.2, 0.25) is 0 Å². The highest BCUT2D eigenvalue weighted by Crippen LogP contribution is 1.97. The van der Waals surface area contributed by atoms with E-state index in [0.717, 1.165) is 12.7 Å². The fraction of sp³-hybridized carbons (Fsp3) is 0.714. The Morgan fingerprint density at radius 1 is 1.46 bits per heavy atom. The molecule has 0 fully saturated rings. The van der Waals surface area contributed by atoms with E-state index in [2.05, 4.69) is 0 Å². The number of hydrogen-bond donors (Lipinski definition) is 3. The van der Waals surface area contributed by atoms with Gasteiger partial charge in [0.1, 0.15) is 6.04 Å². The average Bonchev–Trinajstić information content (AvgIpc) is 1.98. The van der Waals surface area contributed by atoms with Crippen LogP contribution < -0.4 is 5.73 Å². The maximum atomic E-state index is 10.1. The van der Waals surface area contributed by atoms with E-state index in [9.17, 15) is 4.79 Å². The van der Waals surface area contributed by atoms with Gasteiger partial charge < -0.3 is 15.9 Å². The first-order valence-corrected chi connectivity index (χ1v) is 4.98. The number of carboxylic acids is 2. The third-order valence-electron chi connectivity index (χ3n) is 0.950. The van der Waals surface area contributed by atoms with Crippen LogP contribution in [0.3, 0.4) is 0 Å². The zero-order valence-electron chi connectivity index (χ0n) is 7.69. The molecule has 13 heavy (non-hydrogen) atoms. The molecule has 0 radical (unpaired) electrons. The molecule has 5 nitrogen and oxygen atoms in total. The van der Waals surface area contributed by atoms with Gasteiger partial charge >= 0.3 is 5.97 Å². The molecule has 0 aromatic rings. The zero-order chi connectivity index (χ0) is 10.9. The molecule has 0 bridgehead atoms. The van der Waals surface area contributed by atoms with Crippen LogP contribution in [0.25, 0.3) is 0 Å². The molecule has 1 atom stereocenters. The van der Waals surface area contributed by atoms with Crippen molar-refractivity contribution in [3.63, 3.8) is 0 Å². The van der Waals surface area contributed by atoms with Crippen LogP contribution in [-0.2, 0) is 9.59 Å². The first-order valence-electron chi connectivity index (χ1n) is 3.58. The predicted molar refractivity (Wildman–Crippen MR) is 51.9 cm³/mol. The fourth-order valence-corrected chi connectivity index (χ4v) is 0.858. The van der Waals surface area contributed by atoms with Gasteiger partial charge in [0.05, 0.1) is 0 Å². The molecule has 78 valence electrons. The predicted octanol–water partition coefficient (Wildman–Crippen LogP) is 0.242. The van der Waals surface area contributed by atoms with Gasteiger partial charge in [-0.3, -0.25) is 9.59 Å². The number of carbonyl (C=O) groups is 2. The van der Waals surface area contributed by atoms with Crippen molar-refractivity contribution in [3.8, 4) is 0 Å². The molecule has 0 rings (SSSR count). The van der Waals surface area contributed by atoms with E-state index in [4.69, 9.17) is 20.7 Å². The molecule has 6 heteroatoms. The van der Waals surface area contributed by atoms with Crippen LogP contribution in [0.1, 0.15) is 13.3 Å². The van der Waals surface area contributed by atoms with E-state index in [1.807, 2.05) is 6.26 Å². The molecule has 0 saturated heterocycles. The normalized spacial score (nSPS) is 11.0. The van der Waals surface area contributed by atoms with Crippen molar-refractivity contribution in [2.45, 2.75) is 19.4 Å². The van der Waals surface area contributed by atoms with Crippen LogP contribution in [0.15, 0.2) is 0 Å². The lowest BCUT2D eigenvalue weighted by Crippen LogP contribution is -2.30. The summed E-state index contributed by atoms with van der Waals surface area (Å²) in [4.78, 5) is 19.1. The van der Waals surface area contributed by atoms with Crippen molar-refractivity contribution in [3.05, 3.63) is 0 Å². The van der Waals surface area contributed by atoms with E-state index in [-0.39, 0.29) is 0 Å². The summed E-state index contributed by atoms with van der Waals surface area (Å²) < 4.78 is 0. The van der Waals surface area contributed by atoms with E-state index >= 15 is 0 Å². The Morgan fingerprint density at radius 2 is 1.85 bits per heavy atom. The molecule has 0 aliphatic carbocycles. The molecule has 0 heterocycles. The number of nitrogens with two attached hydrogens (primary N) is 1. The number of thioether (sulfide) groups is 1. The minimum absolute atomic E-state index is 0.552. The first kappa shape index (κ1) is 14.8. The van der Waals surface area contributed by atoms with E-state index in [1.54, 1.807) is 11.8 Å². The molecule has 0 aromatic carbocycles. The Hall–Kier alpha value is -0.750. The summed E-state index contributed by atoms with van der Waals surface area (Å²) in [5.74, 6) is -0.933. The summed E-state index contributed by atoms with van der Waals surface area (Å²) in [5, 5.41) is 15.7. The highest BCUT2D eigenvalue weighted by molar-refractivity contribution is 7.98. The number of aliphatic carboxylic acids is 2. The molecule has 0 aromatic heterocycles. The van der Waals surface area contributed by atoms with Gasteiger partial charge in [0.25, 0.3) is 5.97 Å². The van der Waals surface area contributed by atoms with Crippen LogP contribution in [-0.4, -0.2) is 40.2 Å². The highest BCUT2D eigenvalue weighted by atomic mass is 32.2. The fourth-order valence-electron chi connectivity index (χ4n) is 0.368. The van der Waals surface area contributed by atoms with Gasteiger partial charge in [-0.2, -0.15) is 11.8 Å². The van der Waals surface area contributed by atoms with E-state index in [0.29, 0.717) is 6.42 Å². The standard InChI is InChI=1S/C5H11NO2S.C2H4O2/c1-9-3-2-4(6)5(7)8;1-2(3)4/h4H,2-3,6H2,1H3,(H,7,8);1H3,(H,3,4)/t4-;/m0./s1. The third-order valence-corrected chi connectivity index (χ3v) is 1.59. The minimum Gasteiger partial charge on any atom is -0.481 e. The van der Waals surface area contributed by atoms with Gasteiger partial charge in [-0.25, -0.2) is 0 Å². The Labute approximate surface area is 81.3 Å². The topological polar surface area (TPSA) is 101 Å². The third kappa shape index (κ3) is 18.3. The quantitative estimate of drug-likeness (QED) is 0.613. The zero-order valence-corrected chi connectivity index (χ0v) is 8.50. The Balaban J connectivity index is 0. The van der Waals surface area contributed by atoms with Gasteiger partial charge in [-0.05, 0) is 18.4 Å². The van der Waals surface area contributed by atoms with Crippen molar-refractivity contribution < 1.29 is 19.8 Å². The molecular formula is C7H15NO4S. The Bertz CT molecular complexity index is 159. The van der Waals surface area contributed by atoms with Crippen molar-refractivity contribution in [1.29, 1.82) is 0 Å². The number of hydrogen-bond acceptors (Lipinski definition) is 4. The molecule has 0 aliphatic rings. The van der Waals surface area contributed by atoms with Crippen molar-refractivity contribution in [2.75, 3.05) is 12.0 Å². The van der Waals surface area contributed by atoms with Crippen LogP contribution in [0.4, 0.5) is 0 Å².